The number of fused-ring (bicyclic) bond motifs is 1. The van der Waals surface area contributed by atoms with E-state index in [4.69, 9.17) is 4.74 Å². The first kappa shape index (κ1) is 14.4. The summed E-state index contributed by atoms with van der Waals surface area (Å²) in [4.78, 5) is 12.5. The summed E-state index contributed by atoms with van der Waals surface area (Å²) in [6.45, 7) is 13.2. The van der Waals surface area contributed by atoms with Gasteiger partial charge in [0.25, 0.3) is 0 Å². The maximum atomic E-state index is 12.5. The number of allylic oxidation sites excluding steroid dienone is 4. The number of carbonyl (C=O) groups is 1. The molecule has 2 nitrogen and oxygen atoms in total. The van der Waals surface area contributed by atoms with Crippen LogP contribution in [0.5, 0.6) is 0 Å². The third-order valence-electron chi connectivity index (χ3n) is 5.27. The van der Waals surface area contributed by atoms with Crippen molar-refractivity contribution in [2.75, 3.05) is 6.61 Å². The molecular weight excluding hydrogens is 236 g/mol. The van der Waals surface area contributed by atoms with Gasteiger partial charge in [0, 0.05) is 5.92 Å². The molecule has 1 fully saturated rings. The Morgan fingerprint density at radius 2 is 1.95 bits per heavy atom. The highest BCUT2D eigenvalue weighted by Gasteiger charge is 2.69. The fourth-order valence-electron chi connectivity index (χ4n) is 5.13. The van der Waals surface area contributed by atoms with E-state index in [1.807, 2.05) is 6.92 Å². The van der Waals surface area contributed by atoms with E-state index < -0.39 is 0 Å². The first-order valence-corrected chi connectivity index (χ1v) is 7.37. The molecule has 0 bridgehead atoms. The highest BCUT2D eigenvalue weighted by atomic mass is 16.5. The van der Waals surface area contributed by atoms with Crippen molar-refractivity contribution in [1.82, 2.24) is 0 Å². The molecule has 0 radical (unpaired) electrons. The van der Waals surface area contributed by atoms with Crippen LogP contribution in [0.3, 0.4) is 0 Å². The van der Waals surface area contributed by atoms with Crippen molar-refractivity contribution in [3.63, 3.8) is 0 Å². The van der Waals surface area contributed by atoms with Gasteiger partial charge in [0.05, 0.1) is 12.0 Å². The maximum absolute atomic E-state index is 12.5. The fourth-order valence-corrected chi connectivity index (χ4v) is 5.13. The van der Waals surface area contributed by atoms with Gasteiger partial charge in [-0.05, 0) is 39.0 Å². The minimum Gasteiger partial charge on any atom is -0.466 e. The van der Waals surface area contributed by atoms with E-state index in [1.165, 1.54) is 11.1 Å². The molecule has 19 heavy (non-hydrogen) atoms. The minimum absolute atomic E-state index is 0.0231. The predicted octanol–water partition coefficient (Wildman–Crippen LogP) is 4.12. The van der Waals surface area contributed by atoms with E-state index in [-0.39, 0.29) is 22.7 Å². The van der Waals surface area contributed by atoms with Gasteiger partial charge in [0.1, 0.15) is 0 Å². The summed E-state index contributed by atoms with van der Waals surface area (Å²) in [7, 11) is 0. The van der Waals surface area contributed by atoms with Gasteiger partial charge in [-0.2, -0.15) is 0 Å². The molecule has 2 rings (SSSR count). The lowest BCUT2D eigenvalue weighted by molar-refractivity contribution is -0.196. The normalized spacial score (nSPS) is 40.7. The molecule has 0 N–H and O–H groups in total. The van der Waals surface area contributed by atoms with Gasteiger partial charge in [0.15, 0.2) is 0 Å². The number of hydrogen-bond donors (Lipinski definition) is 0. The topological polar surface area (TPSA) is 26.3 Å². The molecule has 0 heterocycles. The SMILES string of the molecule is CCOC(=O)[C@@]1(C)[C@H](CC)[C@@]2(C)C=C(C)C=C(C)[C@H]21. The Bertz CT molecular complexity index is 460. The largest absolute Gasteiger partial charge is 0.466 e. The van der Waals surface area contributed by atoms with Gasteiger partial charge >= 0.3 is 5.97 Å². The highest BCUT2D eigenvalue weighted by molar-refractivity contribution is 5.80. The van der Waals surface area contributed by atoms with Crippen LogP contribution in [0.25, 0.3) is 0 Å². The average Bonchev–Trinajstić information content (AvgIpc) is 2.27. The Hall–Kier alpha value is -1.05. The van der Waals surface area contributed by atoms with Gasteiger partial charge in [-0.1, -0.05) is 43.6 Å². The second kappa shape index (κ2) is 4.50. The lowest BCUT2D eigenvalue weighted by Gasteiger charge is -2.65. The summed E-state index contributed by atoms with van der Waals surface area (Å²) in [5.74, 6) is 0.625. The number of rotatable bonds is 3. The van der Waals surface area contributed by atoms with E-state index in [9.17, 15) is 4.79 Å². The molecule has 0 aromatic rings. The molecule has 4 atom stereocenters. The summed E-state index contributed by atoms with van der Waals surface area (Å²) in [6, 6.07) is 0. The van der Waals surface area contributed by atoms with Crippen LogP contribution < -0.4 is 0 Å². The molecule has 2 aliphatic rings. The Morgan fingerprint density at radius 3 is 2.47 bits per heavy atom. The molecule has 1 saturated carbocycles. The van der Waals surface area contributed by atoms with Crippen LogP contribution in [0.15, 0.2) is 23.3 Å². The van der Waals surface area contributed by atoms with Crippen LogP contribution in [0.4, 0.5) is 0 Å². The summed E-state index contributed by atoms with van der Waals surface area (Å²) < 4.78 is 5.36. The molecule has 0 aliphatic heterocycles. The molecule has 0 aromatic carbocycles. The third-order valence-corrected chi connectivity index (χ3v) is 5.27. The van der Waals surface area contributed by atoms with Crippen molar-refractivity contribution in [3.8, 4) is 0 Å². The molecule has 0 aromatic heterocycles. The summed E-state index contributed by atoms with van der Waals surface area (Å²) in [6.07, 6.45) is 5.59. The molecule has 0 unspecified atom stereocenters. The Balaban J connectivity index is 2.44. The van der Waals surface area contributed by atoms with E-state index >= 15 is 0 Å². The lowest BCUT2D eigenvalue weighted by atomic mass is 9.37. The molecule has 0 spiro atoms. The maximum Gasteiger partial charge on any atom is 0.312 e. The first-order valence-electron chi connectivity index (χ1n) is 7.37. The van der Waals surface area contributed by atoms with Crippen LogP contribution in [0, 0.1) is 22.7 Å². The van der Waals surface area contributed by atoms with Gasteiger partial charge in [-0.15, -0.1) is 0 Å². The number of carbonyl (C=O) groups excluding carboxylic acids is 1. The zero-order valence-electron chi connectivity index (χ0n) is 13.0. The van der Waals surface area contributed by atoms with Crippen molar-refractivity contribution in [2.45, 2.75) is 48.0 Å². The van der Waals surface area contributed by atoms with E-state index in [0.29, 0.717) is 12.5 Å². The second-order valence-electron chi connectivity index (χ2n) is 6.54. The fraction of sp³-hybridized carbons (Fsp3) is 0.706. The zero-order valence-corrected chi connectivity index (χ0v) is 13.0. The molecule has 2 heteroatoms. The van der Waals surface area contributed by atoms with Gasteiger partial charge in [-0.3, -0.25) is 4.79 Å². The van der Waals surface area contributed by atoms with Crippen molar-refractivity contribution in [1.29, 1.82) is 0 Å². The number of ether oxygens (including phenoxy) is 1. The molecule has 0 saturated heterocycles. The second-order valence-corrected chi connectivity index (χ2v) is 6.54. The van der Waals surface area contributed by atoms with Crippen molar-refractivity contribution < 1.29 is 9.53 Å². The molecule has 0 amide bonds. The Morgan fingerprint density at radius 1 is 1.32 bits per heavy atom. The van der Waals surface area contributed by atoms with E-state index in [2.05, 4.69) is 46.8 Å². The van der Waals surface area contributed by atoms with Crippen LogP contribution in [0.1, 0.15) is 48.0 Å². The number of hydrogen-bond acceptors (Lipinski definition) is 2. The average molecular weight is 262 g/mol. The van der Waals surface area contributed by atoms with Gasteiger partial charge < -0.3 is 4.74 Å². The Labute approximate surface area is 116 Å². The highest BCUT2D eigenvalue weighted by Crippen LogP contribution is 2.69. The third kappa shape index (κ3) is 1.72. The molecular formula is C17H26O2. The van der Waals surface area contributed by atoms with Crippen LogP contribution in [-0.2, 0) is 9.53 Å². The van der Waals surface area contributed by atoms with Crippen molar-refractivity contribution >= 4 is 5.97 Å². The summed E-state index contributed by atoms with van der Waals surface area (Å²) in [5.41, 5.74) is 2.39. The first-order chi connectivity index (χ1) is 8.82. The van der Waals surface area contributed by atoms with Crippen LogP contribution >= 0.6 is 0 Å². The summed E-state index contributed by atoms with van der Waals surface area (Å²) >= 11 is 0. The van der Waals surface area contributed by atoms with E-state index in [0.717, 1.165) is 6.42 Å². The monoisotopic (exact) mass is 262 g/mol. The van der Waals surface area contributed by atoms with Crippen molar-refractivity contribution in [2.24, 2.45) is 22.7 Å². The van der Waals surface area contributed by atoms with E-state index in [1.54, 1.807) is 0 Å². The lowest BCUT2D eigenvalue weighted by Crippen LogP contribution is -2.66. The van der Waals surface area contributed by atoms with Crippen molar-refractivity contribution in [3.05, 3.63) is 23.3 Å². The molecule has 106 valence electrons. The summed E-state index contributed by atoms with van der Waals surface area (Å²) in [5, 5.41) is 0. The zero-order chi connectivity index (χ0) is 14.4. The number of esters is 1. The standard InChI is InChI=1S/C17H26O2/c1-7-13-16(5)10-11(3)9-12(4)14(16)17(13,6)15(18)19-8-2/h9-10,13-14H,7-8H2,1-6H3/t13-,14-,16-,17+/m1/s1. The quantitative estimate of drug-likeness (QED) is 0.715. The van der Waals surface area contributed by atoms with Crippen LogP contribution in [-0.4, -0.2) is 12.6 Å². The van der Waals surface area contributed by atoms with Gasteiger partial charge in [0.2, 0.25) is 0 Å². The minimum atomic E-state index is -0.364. The van der Waals surface area contributed by atoms with Crippen LogP contribution in [0.2, 0.25) is 0 Å². The predicted molar refractivity (Wildman–Crippen MR) is 77.6 cm³/mol. The Kier molecular flexibility index (Phi) is 3.40. The smallest absolute Gasteiger partial charge is 0.312 e. The van der Waals surface area contributed by atoms with Gasteiger partial charge in [-0.25, -0.2) is 0 Å². The molecule has 2 aliphatic carbocycles.